The molecule has 238 valence electrons. The molecule has 0 heterocycles. The molecule has 0 radical (unpaired) electrons. The molecule has 0 aliphatic heterocycles. The fraction of sp³-hybridized carbons (Fsp3) is 0.921. The first-order valence-corrected chi connectivity index (χ1v) is 18.1. The Labute approximate surface area is 257 Å². The summed E-state index contributed by atoms with van der Waals surface area (Å²) >= 11 is 0. The summed E-state index contributed by atoms with van der Waals surface area (Å²) in [6.45, 7) is 18.7. The molecule has 0 saturated heterocycles. The normalized spacial score (nSPS) is 48.6. The fourth-order valence-corrected chi connectivity index (χ4v) is 12.7. The lowest BCUT2D eigenvalue weighted by molar-refractivity contribution is -0.207. The van der Waals surface area contributed by atoms with E-state index in [9.17, 15) is 9.90 Å². The smallest absolute Gasteiger partial charge is 0.312 e. The Morgan fingerprint density at radius 1 is 0.905 bits per heavy atom. The van der Waals surface area contributed by atoms with Crippen LogP contribution >= 0.6 is 0 Å². The van der Waals surface area contributed by atoms with Crippen molar-refractivity contribution in [2.24, 2.45) is 56.7 Å². The number of aliphatic hydroxyl groups excluding tert-OH is 1. The lowest BCUT2D eigenvalue weighted by atomic mass is 9.33. The van der Waals surface area contributed by atoms with Gasteiger partial charge in [0.25, 0.3) is 0 Å². The first-order valence-electron chi connectivity index (χ1n) is 18.1. The highest BCUT2D eigenvalue weighted by atomic mass is 16.5. The van der Waals surface area contributed by atoms with Crippen LogP contribution in [0, 0.1) is 56.7 Å². The molecular weight excluding hydrogens is 518 g/mol. The van der Waals surface area contributed by atoms with Gasteiger partial charge in [0.15, 0.2) is 0 Å². The van der Waals surface area contributed by atoms with Gasteiger partial charge >= 0.3 is 5.97 Å². The van der Waals surface area contributed by atoms with Gasteiger partial charge in [0, 0.05) is 12.6 Å². The third-order valence-electron chi connectivity index (χ3n) is 15.7. The molecule has 0 amide bonds. The van der Waals surface area contributed by atoms with E-state index in [1.165, 1.54) is 44.9 Å². The molecule has 0 spiro atoms. The van der Waals surface area contributed by atoms with Gasteiger partial charge in [-0.3, -0.25) is 4.79 Å². The Bertz CT molecular complexity index is 1060. The summed E-state index contributed by atoms with van der Waals surface area (Å²) in [6.07, 6.45) is 18.9. The van der Waals surface area contributed by atoms with Gasteiger partial charge in [-0.1, -0.05) is 79.4 Å². The second kappa shape index (κ2) is 10.9. The van der Waals surface area contributed by atoms with Crippen molar-refractivity contribution in [3.8, 4) is 0 Å². The predicted octanol–water partition coefficient (Wildman–Crippen LogP) is 8.47. The second-order valence-electron chi connectivity index (χ2n) is 17.6. The SMILES string of the molecule is C[C@H]1[C@H](C)CC[C@]2(C(=O)OCCNC3CCCCC3)CC[C@]3(C)C(=CC[C@@H]4[C@@]5(C)CC[C@H](O)C(C)(C)[C@@H]5CC[C@]43C)[C@H]12. The molecule has 0 aromatic heterocycles. The Hall–Kier alpha value is -0.870. The van der Waals surface area contributed by atoms with E-state index >= 15 is 0 Å². The van der Waals surface area contributed by atoms with E-state index in [0.29, 0.717) is 42.2 Å². The number of allylic oxidation sites excluding steroid dienone is 2. The van der Waals surface area contributed by atoms with Crippen LogP contribution < -0.4 is 5.32 Å². The highest BCUT2D eigenvalue weighted by Crippen LogP contribution is 2.75. The number of hydrogen-bond acceptors (Lipinski definition) is 4. The molecule has 10 atom stereocenters. The predicted molar refractivity (Wildman–Crippen MR) is 171 cm³/mol. The molecule has 6 aliphatic rings. The number of nitrogens with one attached hydrogen (secondary N) is 1. The van der Waals surface area contributed by atoms with Crippen LogP contribution in [-0.4, -0.2) is 36.4 Å². The van der Waals surface area contributed by atoms with Crippen LogP contribution in [0.4, 0.5) is 0 Å². The minimum absolute atomic E-state index is 0.0239. The summed E-state index contributed by atoms with van der Waals surface area (Å²) in [7, 11) is 0. The molecule has 4 heteroatoms. The summed E-state index contributed by atoms with van der Waals surface area (Å²) in [5.74, 6) is 2.72. The van der Waals surface area contributed by atoms with Crippen molar-refractivity contribution in [2.75, 3.05) is 13.2 Å². The third kappa shape index (κ3) is 4.45. The zero-order valence-electron chi connectivity index (χ0n) is 28.2. The maximum Gasteiger partial charge on any atom is 0.312 e. The standard InChI is InChI=1S/C38H63NO3/c1-25-15-20-38(33(41)42-24-23-39-27-11-9-8-10-12-27)22-21-36(6)28(32(38)26(25)2)13-14-30-35(5)18-17-31(40)34(3,4)29(35)16-19-37(30,36)7/h13,25-27,29-32,39-40H,8-12,14-24H2,1-7H3/t25-,26+,29+,30-,31+,32+,35+,36-,37-,38+/m1/s1. The first kappa shape index (κ1) is 31.1. The maximum atomic E-state index is 14.2. The molecule has 2 N–H and O–H groups in total. The lowest BCUT2D eigenvalue weighted by Gasteiger charge is -2.71. The Morgan fingerprint density at radius 3 is 2.38 bits per heavy atom. The first-order chi connectivity index (χ1) is 19.8. The largest absolute Gasteiger partial charge is 0.464 e. The van der Waals surface area contributed by atoms with E-state index in [4.69, 9.17) is 4.74 Å². The van der Waals surface area contributed by atoms with E-state index in [-0.39, 0.29) is 39.1 Å². The van der Waals surface area contributed by atoms with Crippen molar-refractivity contribution in [3.05, 3.63) is 11.6 Å². The van der Waals surface area contributed by atoms with Crippen LogP contribution in [-0.2, 0) is 9.53 Å². The topological polar surface area (TPSA) is 58.6 Å². The van der Waals surface area contributed by atoms with Gasteiger partial charge in [0.1, 0.15) is 6.61 Å². The average molecular weight is 582 g/mol. The van der Waals surface area contributed by atoms with Gasteiger partial charge in [-0.2, -0.15) is 0 Å². The molecule has 4 nitrogen and oxygen atoms in total. The number of carbonyl (C=O) groups excluding carboxylic acids is 1. The third-order valence-corrected chi connectivity index (χ3v) is 15.7. The van der Waals surface area contributed by atoms with Gasteiger partial charge in [0.2, 0.25) is 0 Å². The van der Waals surface area contributed by atoms with Gasteiger partial charge in [-0.25, -0.2) is 0 Å². The molecule has 5 saturated carbocycles. The highest BCUT2D eigenvalue weighted by Gasteiger charge is 2.69. The van der Waals surface area contributed by atoms with E-state index < -0.39 is 0 Å². The van der Waals surface area contributed by atoms with Crippen molar-refractivity contribution in [2.45, 2.75) is 151 Å². The van der Waals surface area contributed by atoms with Crippen molar-refractivity contribution in [1.29, 1.82) is 0 Å². The van der Waals surface area contributed by atoms with Gasteiger partial charge in [-0.05, 0) is 122 Å². The molecule has 42 heavy (non-hydrogen) atoms. The Kier molecular flexibility index (Phi) is 8.07. The van der Waals surface area contributed by atoms with Crippen LogP contribution in [0.5, 0.6) is 0 Å². The van der Waals surface area contributed by atoms with E-state index in [2.05, 4.69) is 59.9 Å². The van der Waals surface area contributed by atoms with Crippen molar-refractivity contribution < 1.29 is 14.6 Å². The van der Waals surface area contributed by atoms with E-state index in [1.807, 2.05) is 0 Å². The van der Waals surface area contributed by atoms with Crippen LogP contribution in [0.1, 0.15) is 138 Å². The summed E-state index contributed by atoms with van der Waals surface area (Å²) in [5.41, 5.74) is 1.84. The van der Waals surface area contributed by atoms with Gasteiger partial charge < -0.3 is 15.2 Å². The van der Waals surface area contributed by atoms with Crippen molar-refractivity contribution >= 4 is 5.97 Å². The number of ether oxygens (including phenoxy) is 1. The number of hydrogen-bond donors (Lipinski definition) is 2. The van der Waals surface area contributed by atoms with E-state index in [1.54, 1.807) is 5.57 Å². The highest BCUT2D eigenvalue weighted by molar-refractivity contribution is 5.79. The molecule has 0 aromatic rings. The minimum atomic E-state index is -0.358. The summed E-state index contributed by atoms with van der Waals surface area (Å²) in [5, 5.41) is 14.7. The molecule has 0 bridgehead atoms. The number of esters is 1. The van der Waals surface area contributed by atoms with E-state index in [0.717, 1.165) is 51.5 Å². The Balaban J connectivity index is 1.27. The summed E-state index contributed by atoms with van der Waals surface area (Å²) < 4.78 is 6.23. The van der Waals surface area contributed by atoms with Crippen molar-refractivity contribution in [1.82, 2.24) is 5.32 Å². The number of aliphatic hydroxyl groups is 1. The lowest BCUT2D eigenvalue weighted by Crippen LogP contribution is -2.65. The molecule has 0 unspecified atom stereocenters. The summed E-state index contributed by atoms with van der Waals surface area (Å²) in [4.78, 5) is 14.2. The van der Waals surface area contributed by atoms with Gasteiger partial charge in [0.05, 0.1) is 11.5 Å². The molecular formula is C38H63NO3. The van der Waals surface area contributed by atoms with Crippen LogP contribution in [0.2, 0.25) is 0 Å². The fourth-order valence-electron chi connectivity index (χ4n) is 12.7. The van der Waals surface area contributed by atoms with Crippen LogP contribution in [0.25, 0.3) is 0 Å². The van der Waals surface area contributed by atoms with Crippen molar-refractivity contribution in [3.63, 3.8) is 0 Å². The maximum absolute atomic E-state index is 14.2. The quantitative estimate of drug-likeness (QED) is 0.194. The number of fused-ring (bicyclic) bond motifs is 7. The minimum Gasteiger partial charge on any atom is -0.464 e. The van der Waals surface area contributed by atoms with Crippen LogP contribution in [0.15, 0.2) is 11.6 Å². The Morgan fingerprint density at radius 2 is 1.64 bits per heavy atom. The monoisotopic (exact) mass is 581 g/mol. The zero-order chi connectivity index (χ0) is 30.1. The average Bonchev–Trinajstić information content (AvgIpc) is 2.96. The number of rotatable bonds is 5. The molecule has 5 fully saturated rings. The van der Waals surface area contributed by atoms with Crippen LogP contribution in [0.3, 0.4) is 0 Å². The number of carbonyl (C=O) groups is 1. The molecule has 6 rings (SSSR count). The second-order valence-corrected chi connectivity index (χ2v) is 17.6. The summed E-state index contributed by atoms with van der Waals surface area (Å²) in [6, 6.07) is 0.602. The molecule has 6 aliphatic carbocycles. The van der Waals surface area contributed by atoms with Gasteiger partial charge in [-0.15, -0.1) is 0 Å². The zero-order valence-corrected chi connectivity index (χ0v) is 28.2. The molecule has 0 aromatic carbocycles.